The van der Waals surface area contributed by atoms with Crippen molar-refractivity contribution in [3.8, 4) is 0 Å². The van der Waals surface area contributed by atoms with E-state index in [2.05, 4.69) is 0 Å². The van der Waals surface area contributed by atoms with Gasteiger partial charge in [-0.3, -0.25) is 4.79 Å². The second kappa shape index (κ2) is 7.04. The van der Waals surface area contributed by atoms with Crippen molar-refractivity contribution in [1.29, 1.82) is 0 Å². The van der Waals surface area contributed by atoms with Crippen LogP contribution < -0.4 is 5.73 Å². The minimum absolute atomic E-state index is 0.140. The SMILES string of the molecule is CC(C(=O)N1CCN(C(=O)OC(C)(C)C)CC1CN)S(C)(=O)=O. The van der Waals surface area contributed by atoms with Gasteiger partial charge in [-0.2, -0.15) is 0 Å². The molecule has 8 nitrogen and oxygen atoms in total. The fourth-order valence-electron chi connectivity index (χ4n) is 2.26. The number of hydrogen-bond donors (Lipinski definition) is 1. The van der Waals surface area contributed by atoms with Gasteiger partial charge in [0.2, 0.25) is 5.91 Å². The summed E-state index contributed by atoms with van der Waals surface area (Å²) in [5.41, 5.74) is 5.10. The quantitative estimate of drug-likeness (QED) is 0.757. The summed E-state index contributed by atoms with van der Waals surface area (Å²) in [7, 11) is -3.47. The second-order valence-corrected chi connectivity index (χ2v) is 9.19. The van der Waals surface area contributed by atoms with E-state index in [-0.39, 0.29) is 26.2 Å². The van der Waals surface area contributed by atoms with Crippen molar-refractivity contribution in [3.05, 3.63) is 0 Å². The van der Waals surface area contributed by atoms with Crippen LogP contribution in [-0.4, -0.2) is 79.5 Å². The van der Waals surface area contributed by atoms with Gasteiger partial charge in [-0.1, -0.05) is 0 Å². The van der Waals surface area contributed by atoms with Crippen molar-refractivity contribution in [2.75, 3.05) is 32.4 Å². The van der Waals surface area contributed by atoms with Gasteiger partial charge in [-0.15, -0.1) is 0 Å². The molecule has 0 aromatic heterocycles. The van der Waals surface area contributed by atoms with Gasteiger partial charge in [-0.25, -0.2) is 13.2 Å². The third-order valence-electron chi connectivity index (χ3n) is 3.68. The minimum Gasteiger partial charge on any atom is -0.444 e. The van der Waals surface area contributed by atoms with Crippen molar-refractivity contribution in [2.24, 2.45) is 5.73 Å². The van der Waals surface area contributed by atoms with Crippen LogP contribution in [-0.2, 0) is 19.4 Å². The molecular formula is C14H27N3O5S. The maximum atomic E-state index is 12.4. The van der Waals surface area contributed by atoms with Gasteiger partial charge in [0, 0.05) is 32.4 Å². The molecule has 0 saturated carbocycles. The summed E-state index contributed by atoms with van der Waals surface area (Å²) in [4.78, 5) is 27.4. The zero-order chi connectivity index (χ0) is 18.0. The zero-order valence-corrected chi connectivity index (χ0v) is 15.2. The Hall–Kier alpha value is -1.35. The van der Waals surface area contributed by atoms with Crippen LogP contribution in [0, 0.1) is 0 Å². The van der Waals surface area contributed by atoms with Crippen LogP contribution in [0.5, 0.6) is 0 Å². The number of ether oxygens (including phenoxy) is 1. The smallest absolute Gasteiger partial charge is 0.410 e. The number of rotatable bonds is 3. The number of amides is 2. The Morgan fingerprint density at radius 2 is 1.87 bits per heavy atom. The molecule has 0 aliphatic carbocycles. The van der Waals surface area contributed by atoms with Crippen LogP contribution in [0.1, 0.15) is 27.7 Å². The molecule has 9 heteroatoms. The summed E-state index contributed by atoms with van der Waals surface area (Å²) >= 11 is 0. The lowest BCUT2D eigenvalue weighted by Gasteiger charge is -2.41. The summed E-state index contributed by atoms with van der Waals surface area (Å²) in [6.07, 6.45) is 0.573. The normalized spacial score (nSPS) is 21.0. The minimum atomic E-state index is -3.47. The van der Waals surface area contributed by atoms with Crippen molar-refractivity contribution in [1.82, 2.24) is 9.80 Å². The molecule has 1 aliphatic heterocycles. The van der Waals surface area contributed by atoms with Crippen molar-refractivity contribution < 1.29 is 22.7 Å². The number of nitrogens with two attached hydrogens (primary N) is 1. The molecule has 0 radical (unpaired) electrons. The van der Waals surface area contributed by atoms with Gasteiger partial charge >= 0.3 is 6.09 Å². The van der Waals surface area contributed by atoms with Gasteiger partial charge < -0.3 is 20.3 Å². The molecule has 1 heterocycles. The van der Waals surface area contributed by atoms with E-state index in [0.29, 0.717) is 0 Å². The molecule has 0 bridgehead atoms. The van der Waals surface area contributed by atoms with Crippen LogP contribution in [0.3, 0.4) is 0 Å². The van der Waals surface area contributed by atoms with Crippen molar-refractivity contribution in [3.63, 3.8) is 0 Å². The predicted molar refractivity (Wildman–Crippen MR) is 86.7 cm³/mol. The Balaban J connectivity index is 2.80. The molecule has 23 heavy (non-hydrogen) atoms. The molecular weight excluding hydrogens is 322 g/mol. The number of hydrogen-bond acceptors (Lipinski definition) is 6. The molecule has 0 aromatic rings. The molecule has 1 fully saturated rings. The maximum absolute atomic E-state index is 12.4. The van der Waals surface area contributed by atoms with E-state index >= 15 is 0 Å². The highest BCUT2D eigenvalue weighted by molar-refractivity contribution is 7.92. The summed E-state index contributed by atoms with van der Waals surface area (Å²) in [6.45, 7) is 7.59. The van der Waals surface area contributed by atoms with Crippen LogP contribution in [0.4, 0.5) is 4.79 Å². The maximum Gasteiger partial charge on any atom is 0.410 e. The molecule has 2 atom stereocenters. The summed E-state index contributed by atoms with van der Waals surface area (Å²) in [5.74, 6) is -0.480. The third-order valence-corrected chi connectivity index (χ3v) is 5.17. The largest absolute Gasteiger partial charge is 0.444 e. The highest BCUT2D eigenvalue weighted by Gasteiger charge is 2.37. The monoisotopic (exact) mass is 349 g/mol. The first-order valence-corrected chi connectivity index (χ1v) is 9.49. The van der Waals surface area contributed by atoms with Crippen LogP contribution in [0.2, 0.25) is 0 Å². The lowest BCUT2D eigenvalue weighted by Crippen LogP contribution is -2.61. The number of sulfone groups is 1. The van der Waals surface area contributed by atoms with E-state index in [1.165, 1.54) is 16.7 Å². The van der Waals surface area contributed by atoms with Crippen LogP contribution >= 0.6 is 0 Å². The van der Waals surface area contributed by atoms with Crippen molar-refractivity contribution >= 4 is 21.8 Å². The van der Waals surface area contributed by atoms with E-state index in [9.17, 15) is 18.0 Å². The van der Waals surface area contributed by atoms with Crippen LogP contribution in [0.25, 0.3) is 0 Å². The van der Waals surface area contributed by atoms with Gasteiger partial charge in [0.25, 0.3) is 0 Å². The van der Waals surface area contributed by atoms with Gasteiger partial charge in [0.1, 0.15) is 10.9 Å². The van der Waals surface area contributed by atoms with Crippen molar-refractivity contribution in [2.45, 2.75) is 44.6 Å². The van der Waals surface area contributed by atoms with E-state index in [4.69, 9.17) is 10.5 Å². The van der Waals surface area contributed by atoms with E-state index in [1.807, 2.05) is 0 Å². The third kappa shape index (κ3) is 5.35. The molecule has 2 amide bonds. The summed E-state index contributed by atoms with van der Waals surface area (Å²) < 4.78 is 28.5. The average Bonchev–Trinajstić information content (AvgIpc) is 2.42. The lowest BCUT2D eigenvalue weighted by molar-refractivity contribution is -0.135. The number of piperazine rings is 1. The Kier molecular flexibility index (Phi) is 6.03. The Morgan fingerprint density at radius 3 is 2.30 bits per heavy atom. The molecule has 2 unspecified atom stereocenters. The molecule has 1 rings (SSSR count). The fourth-order valence-corrected chi connectivity index (χ4v) is 2.76. The topological polar surface area (TPSA) is 110 Å². The van der Waals surface area contributed by atoms with E-state index in [0.717, 1.165) is 6.26 Å². The predicted octanol–water partition coefficient (Wildman–Crippen LogP) is -0.174. The summed E-state index contributed by atoms with van der Waals surface area (Å²) in [6, 6.07) is -0.423. The standard InChI is InChI=1S/C14H27N3O5S/c1-10(23(5,20)21)12(18)17-7-6-16(9-11(17)8-15)13(19)22-14(2,3)4/h10-11H,6-9,15H2,1-5H3. The number of nitrogens with zero attached hydrogens (tertiary/aromatic N) is 2. The van der Waals surface area contributed by atoms with Gasteiger partial charge in [0.15, 0.2) is 9.84 Å². The Labute approximate surface area is 137 Å². The Morgan fingerprint density at radius 1 is 1.30 bits per heavy atom. The average molecular weight is 349 g/mol. The summed E-state index contributed by atoms with van der Waals surface area (Å²) in [5, 5.41) is -1.12. The van der Waals surface area contributed by atoms with E-state index < -0.39 is 38.7 Å². The molecule has 134 valence electrons. The van der Waals surface area contributed by atoms with Crippen LogP contribution in [0.15, 0.2) is 0 Å². The van der Waals surface area contributed by atoms with E-state index in [1.54, 1.807) is 20.8 Å². The molecule has 1 aliphatic rings. The Bertz CT molecular complexity index is 555. The zero-order valence-electron chi connectivity index (χ0n) is 14.4. The molecule has 2 N–H and O–H groups in total. The molecule has 0 spiro atoms. The first-order valence-electron chi connectivity index (χ1n) is 7.54. The lowest BCUT2D eigenvalue weighted by atomic mass is 10.1. The first kappa shape index (κ1) is 19.7. The second-order valence-electron chi connectivity index (χ2n) is 6.82. The number of carbonyl (C=O) groups excluding carboxylic acids is 2. The highest BCUT2D eigenvalue weighted by atomic mass is 32.2. The molecule has 1 saturated heterocycles. The van der Waals surface area contributed by atoms with Gasteiger partial charge in [-0.05, 0) is 27.7 Å². The molecule has 0 aromatic carbocycles. The fraction of sp³-hybridized carbons (Fsp3) is 0.857. The first-order chi connectivity index (χ1) is 10.4. The number of carbonyl (C=O) groups is 2. The van der Waals surface area contributed by atoms with Gasteiger partial charge in [0.05, 0.1) is 6.04 Å². The highest BCUT2D eigenvalue weighted by Crippen LogP contribution is 2.16.